The molecule has 1 aliphatic carbocycles. The number of anilines is 1. The molecule has 0 bridgehead atoms. The highest BCUT2D eigenvalue weighted by atomic mass is 32.1. The molecule has 0 heterocycles. The molecule has 4 heteroatoms. The molecule has 1 aromatic carbocycles. The molecule has 1 fully saturated rings. The first-order chi connectivity index (χ1) is 9.13. The molecule has 0 radical (unpaired) electrons. The fourth-order valence-electron chi connectivity index (χ4n) is 2.29. The predicted octanol–water partition coefficient (Wildman–Crippen LogP) is 3.85. The van der Waals surface area contributed by atoms with Gasteiger partial charge in [0.15, 0.2) is 5.11 Å². The molecule has 2 rings (SSSR count). The number of benzene rings is 1. The summed E-state index contributed by atoms with van der Waals surface area (Å²) in [5, 5.41) is 8.09. The van der Waals surface area contributed by atoms with Crippen LogP contribution in [0.5, 0.6) is 0 Å². The van der Waals surface area contributed by atoms with Gasteiger partial charge < -0.3 is 5.32 Å². The molecule has 0 aliphatic heterocycles. The van der Waals surface area contributed by atoms with Gasteiger partial charge in [0.1, 0.15) is 0 Å². The maximum Gasteiger partial charge on any atom is 0.191 e. The van der Waals surface area contributed by atoms with E-state index in [2.05, 4.69) is 41.8 Å². The van der Waals surface area contributed by atoms with Crippen LogP contribution in [0.15, 0.2) is 29.4 Å². The van der Waals surface area contributed by atoms with Crippen molar-refractivity contribution in [2.45, 2.75) is 39.5 Å². The summed E-state index contributed by atoms with van der Waals surface area (Å²) >= 11 is 5.24. The number of nitrogens with one attached hydrogen (secondary N) is 2. The lowest BCUT2D eigenvalue weighted by Gasteiger charge is -2.19. The van der Waals surface area contributed by atoms with Crippen LogP contribution in [-0.2, 0) is 0 Å². The molecule has 102 valence electrons. The minimum absolute atomic E-state index is 0.551. The van der Waals surface area contributed by atoms with Gasteiger partial charge >= 0.3 is 0 Å². The van der Waals surface area contributed by atoms with Crippen LogP contribution >= 0.6 is 12.2 Å². The minimum atomic E-state index is 0.551. The van der Waals surface area contributed by atoms with E-state index in [0.29, 0.717) is 5.11 Å². The predicted molar refractivity (Wildman–Crippen MR) is 85.6 cm³/mol. The van der Waals surface area contributed by atoms with Crippen LogP contribution in [-0.4, -0.2) is 10.8 Å². The van der Waals surface area contributed by atoms with Crippen molar-refractivity contribution < 1.29 is 0 Å². The van der Waals surface area contributed by atoms with Crippen molar-refractivity contribution in [1.82, 2.24) is 5.43 Å². The van der Waals surface area contributed by atoms with Gasteiger partial charge in [-0.1, -0.05) is 24.6 Å². The number of hydrogen-bond acceptors (Lipinski definition) is 2. The maximum absolute atomic E-state index is 5.24. The Bertz CT molecular complexity index is 465. The lowest BCUT2D eigenvalue weighted by Crippen LogP contribution is -2.26. The van der Waals surface area contributed by atoms with Crippen molar-refractivity contribution in [2.75, 3.05) is 5.32 Å². The molecule has 1 aromatic rings. The molecule has 1 saturated carbocycles. The average Bonchev–Trinajstić information content (AvgIpc) is 2.39. The first-order valence-corrected chi connectivity index (χ1v) is 7.23. The summed E-state index contributed by atoms with van der Waals surface area (Å²) in [5.74, 6) is 0.743. The van der Waals surface area contributed by atoms with Crippen LogP contribution < -0.4 is 10.7 Å². The molecule has 0 aromatic heterocycles. The van der Waals surface area contributed by atoms with E-state index in [9.17, 15) is 0 Å². The van der Waals surface area contributed by atoms with Gasteiger partial charge in [0.05, 0.1) is 0 Å². The van der Waals surface area contributed by atoms with E-state index in [1.54, 1.807) is 0 Å². The molecular weight excluding hydrogens is 254 g/mol. The van der Waals surface area contributed by atoms with Gasteiger partial charge in [0, 0.05) is 11.4 Å². The maximum atomic E-state index is 5.24. The van der Waals surface area contributed by atoms with Crippen molar-refractivity contribution in [3.8, 4) is 0 Å². The summed E-state index contributed by atoms with van der Waals surface area (Å²) in [5.41, 5.74) is 6.40. The van der Waals surface area contributed by atoms with E-state index >= 15 is 0 Å². The molecular formula is C15H21N3S. The number of thiocarbonyl (C=S) groups is 1. The molecule has 1 aliphatic rings. The highest BCUT2D eigenvalue weighted by Crippen LogP contribution is 2.20. The minimum Gasteiger partial charge on any atom is -0.331 e. The van der Waals surface area contributed by atoms with Crippen LogP contribution in [0, 0.1) is 12.8 Å². The number of hydrazone groups is 1. The Hall–Kier alpha value is -1.42. The Morgan fingerprint density at radius 3 is 2.74 bits per heavy atom. The monoisotopic (exact) mass is 275 g/mol. The topological polar surface area (TPSA) is 36.4 Å². The second kappa shape index (κ2) is 6.66. The molecule has 0 saturated heterocycles. The fraction of sp³-hybridized carbons (Fsp3) is 0.467. The van der Waals surface area contributed by atoms with E-state index in [-0.39, 0.29) is 0 Å². The van der Waals surface area contributed by atoms with Crippen LogP contribution in [0.1, 0.15) is 38.2 Å². The highest BCUT2D eigenvalue weighted by Gasteiger charge is 2.13. The molecule has 0 spiro atoms. The van der Waals surface area contributed by atoms with Gasteiger partial charge in [0.2, 0.25) is 0 Å². The quantitative estimate of drug-likeness (QED) is 0.636. The van der Waals surface area contributed by atoms with Crippen LogP contribution in [0.2, 0.25) is 0 Å². The normalized spacial score (nSPS) is 21.2. The molecule has 19 heavy (non-hydrogen) atoms. The second-order valence-corrected chi connectivity index (χ2v) is 5.72. The number of rotatable bonds is 2. The lowest BCUT2D eigenvalue weighted by molar-refractivity contribution is 0.498. The molecule has 2 N–H and O–H groups in total. The second-order valence-electron chi connectivity index (χ2n) is 5.31. The van der Waals surface area contributed by atoms with E-state index < -0.39 is 0 Å². The summed E-state index contributed by atoms with van der Waals surface area (Å²) in [4.78, 5) is 0. The summed E-state index contributed by atoms with van der Waals surface area (Å²) in [6, 6.07) is 8.14. The third-order valence-electron chi connectivity index (χ3n) is 3.37. The zero-order valence-corrected chi connectivity index (χ0v) is 12.4. The summed E-state index contributed by atoms with van der Waals surface area (Å²) < 4.78 is 0. The van der Waals surface area contributed by atoms with Crippen molar-refractivity contribution in [2.24, 2.45) is 11.0 Å². The zero-order valence-electron chi connectivity index (χ0n) is 11.6. The van der Waals surface area contributed by atoms with E-state index in [1.165, 1.54) is 24.1 Å². The third-order valence-corrected chi connectivity index (χ3v) is 3.56. The first-order valence-electron chi connectivity index (χ1n) is 6.82. The van der Waals surface area contributed by atoms with Gasteiger partial charge in [-0.05, 0) is 62.9 Å². The smallest absolute Gasteiger partial charge is 0.191 e. The van der Waals surface area contributed by atoms with Gasteiger partial charge in [0.25, 0.3) is 0 Å². The third kappa shape index (κ3) is 4.63. The average molecular weight is 275 g/mol. The Labute approximate surface area is 120 Å². The standard InChI is InChI=1S/C15H21N3S/c1-11-6-8-13(9-7-11)16-15(19)18-17-14-5-3-4-12(2)10-14/h6-9,12H,3-5,10H2,1-2H3,(H2,16,18,19)/b17-14+. The fourth-order valence-corrected chi connectivity index (χ4v) is 2.45. The Balaban J connectivity index is 1.84. The van der Waals surface area contributed by atoms with Crippen molar-refractivity contribution >= 4 is 28.7 Å². The van der Waals surface area contributed by atoms with Crippen LogP contribution in [0.4, 0.5) is 5.69 Å². The number of aryl methyl sites for hydroxylation is 1. The van der Waals surface area contributed by atoms with Crippen LogP contribution in [0.3, 0.4) is 0 Å². The van der Waals surface area contributed by atoms with Crippen molar-refractivity contribution in [3.63, 3.8) is 0 Å². The summed E-state index contributed by atoms with van der Waals surface area (Å²) in [6.45, 7) is 4.34. The highest BCUT2D eigenvalue weighted by molar-refractivity contribution is 7.80. The van der Waals surface area contributed by atoms with E-state index in [1.807, 2.05) is 12.1 Å². The van der Waals surface area contributed by atoms with Gasteiger partial charge in [-0.25, -0.2) is 0 Å². The summed E-state index contributed by atoms with van der Waals surface area (Å²) in [6.07, 6.45) is 4.72. The Kier molecular flexibility index (Phi) is 4.91. The molecule has 1 atom stereocenters. The number of hydrogen-bond donors (Lipinski definition) is 2. The van der Waals surface area contributed by atoms with Crippen molar-refractivity contribution in [1.29, 1.82) is 0 Å². The van der Waals surface area contributed by atoms with Gasteiger partial charge in [-0.15, -0.1) is 0 Å². The lowest BCUT2D eigenvalue weighted by atomic mass is 9.89. The van der Waals surface area contributed by atoms with Crippen LogP contribution in [0.25, 0.3) is 0 Å². The van der Waals surface area contributed by atoms with Gasteiger partial charge in [-0.3, -0.25) is 5.43 Å². The number of nitrogens with zero attached hydrogens (tertiary/aromatic N) is 1. The zero-order chi connectivity index (χ0) is 13.7. The largest absolute Gasteiger partial charge is 0.331 e. The summed E-state index contributed by atoms with van der Waals surface area (Å²) in [7, 11) is 0. The first kappa shape index (κ1) is 14.0. The molecule has 1 unspecified atom stereocenters. The molecule has 0 amide bonds. The Morgan fingerprint density at radius 2 is 2.05 bits per heavy atom. The SMILES string of the molecule is Cc1ccc(NC(=S)N/N=C2\CCCC(C)C2)cc1. The molecule has 3 nitrogen and oxygen atoms in total. The van der Waals surface area contributed by atoms with Gasteiger partial charge in [-0.2, -0.15) is 5.10 Å². The Morgan fingerprint density at radius 1 is 1.32 bits per heavy atom. The van der Waals surface area contributed by atoms with E-state index in [0.717, 1.165) is 24.4 Å². The van der Waals surface area contributed by atoms with E-state index in [4.69, 9.17) is 12.2 Å². The van der Waals surface area contributed by atoms with Crippen molar-refractivity contribution in [3.05, 3.63) is 29.8 Å².